The Balaban J connectivity index is 2.27. The summed E-state index contributed by atoms with van der Waals surface area (Å²) >= 11 is 0. The van der Waals surface area contributed by atoms with Gasteiger partial charge in [-0.25, -0.2) is 4.98 Å². The number of anilines is 1. The number of nitrogens with two attached hydrogens (primary N) is 1. The standard InChI is InChI=1S/C12H20N4O/c1-8-3-4-10(6-13)7-16(8)11-5-12(17)15-9(2)14-11/h5,8,10H,3-4,6-7,13H2,1-2H3,(H,14,15,17). The summed E-state index contributed by atoms with van der Waals surface area (Å²) in [6.07, 6.45) is 2.27. The lowest BCUT2D eigenvalue weighted by Crippen LogP contribution is -2.44. The van der Waals surface area contributed by atoms with Crippen LogP contribution in [0, 0.1) is 12.8 Å². The van der Waals surface area contributed by atoms with E-state index in [0.717, 1.165) is 25.2 Å². The molecule has 5 heteroatoms. The average molecular weight is 236 g/mol. The van der Waals surface area contributed by atoms with E-state index in [-0.39, 0.29) is 5.56 Å². The molecule has 0 radical (unpaired) electrons. The van der Waals surface area contributed by atoms with Crippen molar-refractivity contribution >= 4 is 5.82 Å². The summed E-state index contributed by atoms with van der Waals surface area (Å²) in [6, 6.07) is 1.99. The smallest absolute Gasteiger partial charge is 0.252 e. The molecule has 1 saturated heterocycles. The van der Waals surface area contributed by atoms with Gasteiger partial charge in [0.15, 0.2) is 0 Å². The zero-order valence-corrected chi connectivity index (χ0v) is 10.4. The van der Waals surface area contributed by atoms with E-state index in [1.165, 1.54) is 0 Å². The topological polar surface area (TPSA) is 75.0 Å². The van der Waals surface area contributed by atoms with Crippen molar-refractivity contribution in [1.29, 1.82) is 0 Å². The van der Waals surface area contributed by atoms with Crippen molar-refractivity contribution in [1.82, 2.24) is 9.97 Å². The lowest BCUT2D eigenvalue weighted by molar-refractivity contribution is 0.371. The van der Waals surface area contributed by atoms with Crippen molar-refractivity contribution < 1.29 is 0 Å². The SMILES string of the molecule is Cc1nc(N2CC(CN)CCC2C)cc(=O)[nH]1. The number of hydrogen-bond acceptors (Lipinski definition) is 4. The van der Waals surface area contributed by atoms with Gasteiger partial charge in [0.1, 0.15) is 11.6 Å². The highest BCUT2D eigenvalue weighted by atomic mass is 16.1. The van der Waals surface area contributed by atoms with E-state index in [9.17, 15) is 4.79 Å². The molecule has 1 aromatic rings. The van der Waals surface area contributed by atoms with Crippen LogP contribution in [0.2, 0.25) is 0 Å². The second kappa shape index (κ2) is 4.87. The molecule has 1 aliphatic heterocycles. The summed E-state index contributed by atoms with van der Waals surface area (Å²) in [5.74, 6) is 1.94. The number of aryl methyl sites for hydroxylation is 1. The number of hydrogen-bond donors (Lipinski definition) is 2. The van der Waals surface area contributed by atoms with Crippen LogP contribution in [0.15, 0.2) is 10.9 Å². The highest BCUT2D eigenvalue weighted by molar-refractivity contribution is 5.39. The third-order valence-electron chi connectivity index (χ3n) is 3.45. The first kappa shape index (κ1) is 12.1. The largest absolute Gasteiger partial charge is 0.353 e. The normalized spacial score (nSPS) is 25.0. The van der Waals surface area contributed by atoms with Gasteiger partial charge < -0.3 is 15.6 Å². The molecule has 0 bridgehead atoms. The van der Waals surface area contributed by atoms with Crippen LogP contribution in [0.1, 0.15) is 25.6 Å². The molecule has 1 aliphatic rings. The van der Waals surface area contributed by atoms with E-state index in [1.54, 1.807) is 13.0 Å². The fourth-order valence-corrected chi connectivity index (χ4v) is 2.40. The predicted octanol–water partition coefficient (Wildman–Crippen LogP) is 0.642. The Morgan fingerprint density at radius 1 is 1.59 bits per heavy atom. The minimum atomic E-state index is -0.0884. The number of nitrogens with zero attached hydrogens (tertiary/aromatic N) is 2. The van der Waals surface area contributed by atoms with Crippen LogP contribution in [0.5, 0.6) is 0 Å². The van der Waals surface area contributed by atoms with Gasteiger partial charge in [0, 0.05) is 18.7 Å². The number of piperidine rings is 1. The Bertz CT molecular complexity index is 442. The summed E-state index contributed by atoms with van der Waals surface area (Å²) in [7, 11) is 0. The van der Waals surface area contributed by atoms with Crippen LogP contribution >= 0.6 is 0 Å². The minimum Gasteiger partial charge on any atom is -0.353 e. The van der Waals surface area contributed by atoms with Crippen molar-refractivity contribution in [2.45, 2.75) is 32.7 Å². The molecular formula is C12H20N4O. The first-order valence-electron chi connectivity index (χ1n) is 6.15. The van der Waals surface area contributed by atoms with E-state index in [0.29, 0.717) is 24.3 Å². The van der Waals surface area contributed by atoms with Crippen LogP contribution in [0.4, 0.5) is 5.82 Å². The summed E-state index contributed by atoms with van der Waals surface area (Å²) in [5.41, 5.74) is 5.65. The van der Waals surface area contributed by atoms with Gasteiger partial charge in [0.2, 0.25) is 0 Å². The van der Waals surface area contributed by atoms with Gasteiger partial charge >= 0.3 is 0 Å². The predicted molar refractivity (Wildman–Crippen MR) is 68.2 cm³/mol. The van der Waals surface area contributed by atoms with Crippen LogP contribution in [-0.4, -0.2) is 29.1 Å². The van der Waals surface area contributed by atoms with Crippen LogP contribution in [0.25, 0.3) is 0 Å². The number of rotatable bonds is 2. The molecule has 1 aromatic heterocycles. The maximum Gasteiger partial charge on any atom is 0.252 e. The highest BCUT2D eigenvalue weighted by Gasteiger charge is 2.25. The van der Waals surface area contributed by atoms with Crippen molar-refractivity contribution in [3.63, 3.8) is 0 Å². The van der Waals surface area contributed by atoms with Gasteiger partial charge in [0.05, 0.1) is 0 Å². The Labute approximate surface area is 101 Å². The van der Waals surface area contributed by atoms with Crippen LogP contribution in [0.3, 0.4) is 0 Å². The molecule has 0 aliphatic carbocycles. The molecule has 2 atom stereocenters. The molecule has 2 heterocycles. The maximum absolute atomic E-state index is 11.5. The summed E-state index contributed by atoms with van der Waals surface area (Å²) in [5, 5.41) is 0. The second-order valence-corrected chi connectivity index (χ2v) is 4.87. The summed E-state index contributed by atoms with van der Waals surface area (Å²) in [4.78, 5) is 20.7. The zero-order chi connectivity index (χ0) is 12.4. The van der Waals surface area contributed by atoms with E-state index in [1.807, 2.05) is 0 Å². The molecule has 0 amide bonds. The molecule has 17 heavy (non-hydrogen) atoms. The molecule has 1 fully saturated rings. The number of aromatic amines is 1. The Kier molecular flexibility index (Phi) is 3.47. The quantitative estimate of drug-likeness (QED) is 0.790. The van der Waals surface area contributed by atoms with Crippen molar-refractivity contribution in [3.8, 4) is 0 Å². The summed E-state index contributed by atoms with van der Waals surface area (Å²) < 4.78 is 0. The van der Waals surface area contributed by atoms with Gasteiger partial charge in [-0.2, -0.15) is 0 Å². The van der Waals surface area contributed by atoms with Crippen molar-refractivity contribution in [3.05, 3.63) is 22.2 Å². The van der Waals surface area contributed by atoms with E-state index in [2.05, 4.69) is 21.8 Å². The van der Waals surface area contributed by atoms with Gasteiger partial charge in [-0.05, 0) is 39.2 Å². The highest BCUT2D eigenvalue weighted by Crippen LogP contribution is 2.25. The van der Waals surface area contributed by atoms with E-state index < -0.39 is 0 Å². The second-order valence-electron chi connectivity index (χ2n) is 4.87. The van der Waals surface area contributed by atoms with Crippen LogP contribution in [-0.2, 0) is 0 Å². The Morgan fingerprint density at radius 2 is 2.35 bits per heavy atom. The fraction of sp³-hybridized carbons (Fsp3) is 0.667. The first-order valence-corrected chi connectivity index (χ1v) is 6.15. The zero-order valence-electron chi connectivity index (χ0n) is 10.4. The lowest BCUT2D eigenvalue weighted by atomic mass is 9.93. The summed E-state index contributed by atoms with van der Waals surface area (Å²) in [6.45, 7) is 5.57. The monoisotopic (exact) mass is 236 g/mol. The third-order valence-corrected chi connectivity index (χ3v) is 3.45. The Morgan fingerprint density at radius 3 is 3.00 bits per heavy atom. The van der Waals surface area contributed by atoms with Crippen LogP contribution < -0.4 is 16.2 Å². The van der Waals surface area contributed by atoms with Crippen molar-refractivity contribution in [2.75, 3.05) is 18.0 Å². The molecule has 2 unspecified atom stereocenters. The molecule has 5 nitrogen and oxygen atoms in total. The first-order chi connectivity index (χ1) is 8.10. The molecule has 0 aromatic carbocycles. The molecule has 94 valence electrons. The number of nitrogens with one attached hydrogen (secondary N) is 1. The lowest BCUT2D eigenvalue weighted by Gasteiger charge is -2.38. The number of H-pyrrole nitrogens is 1. The van der Waals surface area contributed by atoms with Gasteiger partial charge in [-0.3, -0.25) is 4.79 Å². The van der Waals surface area contributed by atoms with Gasteiger partial charge in [-0.15, -0.1) is 0 Å². The Hall–Kier alpha value is -1.36. The van der Waals surface area contributed by atoms with Gasteiger partial charge in [-0.1, -0.05) is 0 Å². The molecule has 2 rings (SSSR count). The van der Waals surface area contributed by atoms with Crippen molar-refractivity contribution in [2.24, 2.45) is 11.7 Å². The van der Waals surface area contributed by atoms with E-state index >= 15 is 0 Å². The van der Waals surface area contributed by atoms with Gasteiger partial charge in [0.25, 0.3) is 5.56 Å². The number of aromatic nitrogens is 2. The molecular weight excluding hydrogens is 216 g/mol. The molecule has 0 saturated carbocycles. The molecule has 3 N–H and O–H groups in total. The molecule has 0 spiro atoms. The maximum atomic E-state index is 11.5. The fourth-order valence-electron chi connectivity index (χ4n) is 2.40. The average Bonchev–Trinajstić information content (AvgIpc) is 2.28. The minimum absolute atomic E-state index is 0.0884. The van der Waals surface area contributed by atoms with E-state index in [4.69, 9.17) is 5.73 Å². The third kappa shape index (κ3) is 2.66.